The van der Waals surface area contributed by atoms with Gasteiger partial charge in [0.1, 0.15) is 6.42 Å². The van der Waals surface area contributed by atoms with E-state index in [9.17, 15) is 9.59 Å². The fourth-order valence-corrected chi connectivity index (χ4v) is 1.69. The van der Waals surface area contributed by atoms with Gasteiger partial charge in [0, 0.05) is 0 Å². The summed E-state index contributed by atoms with van der Waals surface area (Å²) in [6.07, 6.45) is 12.3. The fraction of sp³-hybridized carbons (Fsp3) is 0.857. The first kappa shape index (κ1) is 26.1. The third kappa shape index (κ3) is 31.5. The molecule has 0 radical (unpaired) electrons. The van der Waals surface area contributed by atoms with Crippen molar-refractivity contribution in [3.63, 3.8) is 0 Å². The molecule has 2 N–H and O–H groups in total. The van der Waals surface area contributed by atoms with Gasteiger partial charge in [0.15, 0.2) is 0 Å². The molecule has 6 heteroatoms. The minimum atomic E-state index is -1.31. The van der Waals surface area contributed by atoms with Crippen molar-refractivity contribution in [2.45, 2.75) is 76.2 Å². The van der Waals surface area contributed by atoms with E-state index in [0.717, 1.165) is 0 Å². The molecular weight excluding hydrogens is 278 g/mol. The normalized spacial score (nSPS) is 9.15. The van der Waals surface area contributed by atoms with Crippen LogP contribution in [0, 0.1) is 0 Å². The van der Waals surface area contributed by atoms with Gasteiger partial charge >= 0.3 is 151 Å². The molecule has 0 aliphatic heterocycles. The van der Waals surface area contributed by atoms with Crippen LogP contribution in [0.5, 0.6) is 0 Å². The van der Waals surface area contributed by atoms with E-state index in [2.05, 4.69) is 24.6 Å². The van der Waals surface area contributed by atoms with E-state index in [1.165, 1.54) is 62.9 Å². The summed E-state index contributed by atoms with van der Waals surface area (Å²) in [5, 5.41) is 16.8. The molecule has 0 unspecified atom stereocenters. The molecule has 0 spiro atoms. The van der Waals surface area contributed by atoms with Crippen LogP contribution in [0.3, 0.4) is 0 Å². The van der Waals surface area contributed by atoms with Crippen LogP contribution in [0.2, 0.25) is 5.09 Å². The van der Waals surface area contributed by atoms with Crippen LogP contribution in [0.15, 0.2) is 0 Å². The Hall–Kier alpha value is 1.17. The maximum atomic E-state index is 9.43. The van der Waals surface area contributed by atoms with Crippen LogP contribution in [0.4, 0.5) is 0 Å². The average Bonchev–Trinajstić information content (AvgIpc) is 2.32. The van der Waals surface area contributed by atoms with Crippen molar-refractivity contribution >= 4 is 81.0 Å². The van der Waals surface area contributed by atoms with Crippen molar-refractivity contribution in [2.24, 2.45) is 0 Å². The summed E-state index contributed by atoms with van der Waals surface area (Å²) in [5.41, 5.74) is 0. The fourth-order valence-electron chi connectivity index (χ4n) is 1.69. The number of rotatable bonds is 11. The van der Waals surface area contributed by atoms with Crippen molar-refractivity contribution in [2.75, 3.05) is 0 Å². The van der Waals surface area contributed by atoms with Crippen molar-refractivity contribution < 1.29 is 19.8 Å². The van der Waals surface area contributed by atoms with Crippen LogP contribution >= 0.6 is 0 Å². The number of carboxylic acid groups (broad SMARTS) is 2. The number of aliphatic carboxylic acids is 2. The van der Waals surface area contributed by atoms with E-state index in [-0.39, 0.29) is 51.4 Å². The molecule has 0 fully saturated rings. The van der Waals surface area contributed by atoms with Gasteiger partial charge in [-0.1, -0.05) is 0 Å². The molecule has 0 amide bonds. The Labute approximate surface area is 175 Å². The molecule has 0 saturated heterocycles. The second kappa shape index (κ2) is 22.5. The van der Waals surface area contributed by atoms with Crippen LogP contribution in [-0.2, 0) is 9.59 Å². The van der Waals surface area contributed by atoms with Crippen LogP contribution in [0.25, 0.3) is 0 Å². The van der Waals surface area contributed by atoms with Gasteiger partial charge in [-0.15, -0.1) is 0 Å². The first-order valence-electron chi connectivity index (χ1n) is 7.48. The Morgan fingerprint density at radius 3 is 1.40 bits per heavy atom. The molecule has 0 saturated carbocycles. The summed E-state index contributed by atoms with van der Waals surface area (Å²) in [6, 6.07) is 0. The zero-order chi connectivity index (χ0) is 14.9. The number of carboxylic acids is 2. The first-order chi connectivity index (χ1) is 9.04. The molecule has 0 heterocycles. The molecule has 0 aromatic carbocycles. The molecule has 0 aliphatic rings. The molecular formula is C14H28KLiO4. The number of unbranched alkanes of at least 4 members (excludes halogenated alkanes) is 8. The third-order valence-corrected chi connectivity index (χ3v) is 2.76. The zero-order valence-electron chi connectivity index (χ0n) is 12.5. The molecule has 0 aliphatic carbocycles. The summed E-state index contributed by atoms with van der Waals surface area (Å²) >= 11 is 2.28. The van der Waals surface area contributed by atoms with E-state index in [1.807, 2.05) is 0 Å². The average molecular weight is 306 g/mol. The number of hydrogen-bond donors (Lipinski definition) is 2. The van der Waals surface area contributed by atoms with Crippen molar-refractivity contribution in [3.05, 3.63) is 0 Å². The van der Waals surface area contributed by atoms with Crippen LogP contribution in [0.1, 0.15) is 71.1 Å². The van der Waals surface area contributed by atoms with E-state index in [4.69, 9.17) is 10.2 Å². The minimum absolute atomic E-state index is 0. The Balaban J connectivity index is -0.000000312. The summed E-state index contributed by atoms with van der Waals surface area (Å²) in [5.74, 6) is -2.62. The second-order valence-electron chi connectivity index (χ2n) is 4.79. The number of carbonyl (C=O) groups is 2. The molecule has 0 aromatic heterocycles. The van der Waals surface area contributed by atoms with E-state index >= 15 is 0 Å². The molecule has 0 rings (SSSR count). The number of hydrogen-bond acceptors (Lipinski definition) is 2. The van der Waals surface area contributed by atoms with Gasteiger partial charge in [-0.3, -0.25) is 9.59 Å². The second-order valence-corrected chi connectivity index (χ2v) is 4.79. The van der Waals surface area contributed by atoms with Crippen molar-refractivity contribution in [1.29, 1.82) is 0 Å². The van der Waals surface area contributed by atoms with Crippen LogP contribution in [-0.4, -0.2) is 91.3 Å². The predicted molar refractivity (Wildman–Crippen MR) is 84.8 cm³/mol. The van der Waals surface area contributed by atoms with Gasteiger partial charge in [-0.25, -0.2) is 0 Å². The Kier molecular flexibility index (Phi) is 29.3. The summed E-state index contributed by atoms with van der Waals surface area (Å²) < 4.78 is 0. The van der Waals surface area contributed by atoms with Gasteiger partial charge in [-0.05, 0) is 0 Å². The topological polar surface area (TPSA) is 74.6 Å². The quantitative estimate of drug-likeness (QED) is 0.349. The monoisotopic (exact) mass is 306 g/mol. The molecule has 0 aromatic rings. The Morgan fingerprint density at radius 2 is 1.15 bits per heavy atom. The van der Waals surface area contributed by atoms with Crippen molar-refractivity contribution in [1.82, 2.24) is 0 Å². The van der Waals surface area contributed by atoms with Gasteiger partial charge in [0.05, 0.1) is 0 Å². The van der Waals surface area contributed by atoms with Crippen molar-refractivity contribution in [3.8, 4) is 0 Å². The molecule has 20 heavy (non-hydrogen) atoms. The van der Waals surface area contributed by atoms with Gasteiger partial charge in [-0.2, -0.15) is 0 Å². The maximum absolute atomic E-state index is 9.43. The molecule has 0 bridgehead atoms. The summed E-state index contributed by atoms with van der Waals surface area (Å²) in [4.78, 5) is 18.9. The predicted octanol–water partition coefficient (Wildman–Crippen LogP) is 3.00. The van der Waals surface area contributed by atoms with E-state index < -0.39 is 18.4 Å². The first-order valence-corrected chi connectivity index (χ1v) is 7.48. The Morgan fingerprint density at radius 1 is 0.800 bits per heavy atom. The Bertz CT molecular complexity index is 203. The van der Waals surface area contributed by atoms with Crippen LogP contribution < -0.4 is 0 Å². The van der Waals surface area contributed by atoms with Gasteiger partial charge < -0.3 is 10.2 Å². The van der Waals surface area contributed by atoms with E-state index in [1.54, 1.807) is 0 Å². The van der Waals surface area contributed by atoms with Gasteiger partial charge in [0.25, 0.3) is 0 Å². The molecule has 0 atom stereocenters. The summed E-state index contributed by atoms with van der Waals surface area (Å²) in [6.45, 7) is 2.28. The standard InChI is InChI=1S/C11H23.C3H4O4.K.Li.H/c1-3-5-7-9-11-10-8-6-4-2;4-2(5)1-3(6)7;;;/h1,3-11H2,2H3;1H2,(H,4,5)(H,6,7);;;. The molecule has 110 valence electrons. The molecule has 4 nitrogen and oxygen atoms in total. The zero-order valence-corrected chi connectivity index (χ0v) is 12.5. The van der Waals surface area contributed by atoms with Gasteiger partial charge in [0.2, 0.25) is 0 Å². The van der Waals surface area contributed by atoms with E-state index in [0.29, 0.717) is 0 Å². The summed E-state index contributed by atoms with van der Waals surface area (Å²) in [7, 11) is 0. The third-order valence-electron chi connectivity index (χ3n) is 2.76. The SMILES string of the molecule is O=C(O)CC(=O)O.[KH].[Li][CH2]CCCCCCCCCC.